The standard InChI is InChI=1S/C15H12ClN3O/c1-8-13-12-10(9-4-2-3-5-11(9)17-12)6-7-19(13)15(20)18-14(8)16/h2-5,17H,6-7H2,1H3. The van der Waals surface area contributed by atoms with E-state index in [2.05, 4.69) is 16.0 Å². The van der Waals surface area contributed by atoms with E-state index < -0.39 is 0 Å². The lowest BCUT2D eigenvalue weighted by atomic mass is 10.0. The van der Waals surface area contributed by atoms with Gasteiger partial charge in [0.2, 0.25) is 0 Å². The molecule has 2 aromatic heterocycles. The van der Waals surface area contributed by atoms with Crippen LogP contribution in [0.4, 0.5) is 0 Å². The highest BCUT2D eigenvalue weighted by Crippen LogP contribution is 2.36. The highest BCUT2D eigenvalue weighted by Gasteiger charge is 2.24. The Morgan fingerprint density at radius 2 is 2.15 bits per heavy atom. The molecule has 4 rings (SSSR count). The van der Waals surface area contributed by atoms with E-state index in [1.165, 1.54) is 10.9 Å². The molecule has 3 heterocycles. The molecule has 0 radical (unpaired) electrons. The molecule has 1 aliphatic rings. The number of aromatic amines is 1. The van der Waals surface area contributed by atoms with E-state index in [-0.39, 0.29) is 10.8 Å². The monoisotopic (exact) mass is 285 g/mol. The summed E-state index contributed by atoms with van der Waals surface area (Å²) in [6.45, 7) is 2.55. The summed E-state index contributed by atoms with van der Waals surface area (Å²) in [5, 5.41) is 1.50. The molecule has 4 nitrogen and oxygen atoms in total. The number of hydrogen-bond donors (Lipinski definition) is 1. The number of aryl methyl sites for hydroxylation is 1. The van der Waals surface area contributed by atoms with Gasteiger partial charge in [0.15, 0.2) is 0 Å². The van der Waals surface area contributed by atoms with Crippen LogP contribution in [0.2, 0.25) is 5.15 Å². The number of fused-ring (bicyclic) bond motifs is 5. The first-order valence-electron chi connectivity index (χ1n) is 6.53. The second-order valence-electron chi connectivity index (χ2n) is 5.08. The van der Waals surface area contributed by atoms with Crippen LogP contribution in [0.1, 0.15) is 11.1 Å². The van der Waals surface area contributed by atoms with Crippen molar-refractivity contribution in [3.8, 4) is 11.4 Å². The normalized spacial score (nSPS) is 13.3. The van der Waals surface area contributed by atoms with Crippen molar-refractivity contribution < 1.29 is 0 Å². The van der Waals surface area contributed by atoms with Crippen LogP contribution < -0.4 is 5.69 Å². The topological polar surface area (TPSA) is 50.7 Å². The van der Waals surface area contributed by atoms with Gasteiger partial charge in [-0.2, -0.15) is 4.98 Å². The Bertz CT molecular complexity index is 907. The number of nitrogens with one attached hydrogen (secondary N) is 1. The number of nitrogens with zero attached hydrogens (tertiary/aromatic N) is 2. The van der Waals surface area contributed by atoms with Crippen molar-refractivity contribution in [3.63, 3.8) is 0 Å². The minimum atomic E-state index is -0.278. The minimum Gasteiger partial charge on any atom is -0.353 e. The highest BCUT2D eigenvalue weighted by atomic mass is 35.5. The molecule has 20 heavy (non-hydrogen) atoms. The average molecular weight is 286 g/mol. The van der Waals surface area contributed by atoms with Crippen LogP contribution in [0.15, 0.2) is 29.1 Å². The van der Waals surface area contributed by atoms with E-state index in [1.807, 2.05) is 25.1 Å². The molecule has 0 atom stereocenters. The van der Waals surface area contributed by atoms with Crippen LogP contribution in [-0.4, -0.2) is 14.5 Å². The number of aromatic nitrogens is 3. The Morgan fingerprint density at radius 3 is 3.00 bits per heavy atom. The molecule has 0 fully saturated rings. The summed E-state index contributed by atoms with van der Waals surface area (Å²) in [4.78, 5) is 19.3. The molecule has 1 aromatic carbocycles. The number of rotatable bonds is 0. The molecule has 1 N–H and O–H groups in total. The number of para-hydroxylation sites is 1. The van der Waals surface area contributed by atoms with Gasteiger partial charge in [-0.3, -0.25) is 4.57 Å². The van der Waals surface area contributed by atoms with Crippen molar-refractivity contribution >= 4 is 22.5 Å². The smallest absolute Gasteiger partial charge is 0.349 e. The number of halogens is 1. The van der Waals surface area contributed by atoms with Crippen LogP contribution in [0, 0.1) is 6.92 Å². The third-order valence-corrected chi connectivity index (χ3v) is 4.36. The van der Waals surface area contributed by atoms with Gasteiger partial charge in [-0.25, -0.2) is 4.79 Å². The van der Waals surface area contributed by atoms with Gasteiger partial charge in [0.25, 0.3) is 0 Å². The quantitative estimate of drug-likeness (QED) is 0.646. The second-order valence-corrected chi connectivity index (χ2v) is 5.44. The number of hydrogen-bond acceptors (Lipinski definition) is 2. The predicted octanol–water partition coefficient (Wildman–Crippen LogP) is 2.91. The summed E-state index contributed by atoms with van der Waals surface area (Å²) in [5.74, 6) is 0. The minimum absolute atomic E-state index is 0.278. The molecular weight excluding hydrogens is 274 g/mol. The SMILES string of the molecule is Cc1c(Cl)nc(=O)n2c1-c1[nH]c3ccccc3c1CC2. The van der Waals surface area contributed by atoms with Crippen molar-refractivity contribution in [3.05, 3.63) is 51.0 Å². The van der Waals surface area contributed by atoms with Crippen molar-refractivity contribution in [2.75, 3.05) is 0 Å². The third-order valence-electron chi connectivity index (χ3n) is 4.00. The molecule has 0 unspecified atom stereocenters. The van der Waals surface area contributed by atoms with Gasteiger partial charge in [-0.15, -0.1) is 0 Å². The fourth-order valence-electron chi connectivity index (χ4n) is 3.04. The molecule has 0 aliphatic carbocycles. The van der Waals surface area contributed by atoms with E-state index >= 15 is 0 Å². The lowest BCUT2D eigenvalue weighted by Crippen LogP contribution is -2.29. The fraction of sp³-hybridized carbons (Fsp3) is 0.200. The summed E-state index contributed by atoms with van der Waals surface area (Å²) < 4.78 is 1.71. The predicted molar refractivity (Wildman–Crippen MR) is 79.2 cm³/mol. The Morgan fingerprint density at radius 1 is 1.35 bits per heavy atom. The molecule has 3 aromatic rings. The van der Waals surface area contributed by atoms with Crippen LogP contribution in [-0.2, 0) is 13.0 Å². The van der Waals surface area contributed by atoms with E-state index in [4.69, 9.17) is 11.6 Å². The first-order valence-corrected chi connectivity index (χ1v) is 6.91. The van der Waals surface area contributed by atoms with Crippen molar-refractivity contribution in [2.24, 2.45) is 0 Å². The van der Waals surface area contributed by atoms with Gasteiger partial charge < -0.3 is 4.98 Å². The van der Waals surface area contributed by atoms with Gasteiger partial charge >= 0.3 is 5.69 Å². The van der Waals surface area contributed by atoms with Gasteiger partial charge in [-0.05, 0) is 25.0 Å². The molecule has 0 spiro atoms. The molecule has 0 amide bonds. The molecule has 0 saturated heterocycles. The second kappa shape index (κ2) is 3.96. The zero-order valence-electron chi connectivity index (χ0n) is 10.9. The molecule has 1 aliphatic heterocycles. The number of H-pyrrole nitrogens is 1. The zero-order chi connectivity index (χ0) is 13.9. The maximum atomic E-state index is 12.0. The lowest BCUT2D eigenvalue weighted by Gasteiger charge is -2.20. The molecule has 0 saturated carbocycles. The first kappa shape index (κ1) is 11.7. The summed E-state index contributed by atoms with van der Waals surface area (Å²) in [7, 11) is 0. The molecule has 5 heteroatoms. The van der Waals surface area contributed by atoms with E-state index in [0.717, 1.165) is 28.9 Å². The van der Waals surface area contributed by atoms with Gasteiger partial charge in [0, 0.05) is 23.0 Å². The van der Waals surface area contributed by atoms with Crippen LogP contribution in [0.25, 0.3) is 22.3 Å². The van der Waals surface area contributed by atoms with E-state index in [1.54, 1.807) is 4.57 Å². The maximum absolute atomic E-state index is 12.0. The van der Waals surface area contributed by atoms with Crippen molar-refractivity contribution in [2.45, 2.75) is 19.9 Å². The summed E-state index contributed by atoms with van der Waals surface area (Å²) in [6, 6.07) is 8.19. The van der Waals surface area contributed by atoms with Crippen molar-refractivity contribution in [1.82, 2.24) is 14.5 Å². The summed E-state index contributed by atoms with van der Waals surface area (Å²) in [6.07, 6.45) is 0.828. The zero-order valence-corrected chi connectivity index (χ0v) is 11.7. The summed E-state index contributed by atoms with van der Waals surface area (Å²) >= 11 is 6.08. The van der Waals surface area contributed by atoms with Gasteiger partial charge in [0.1, 0.15) is 5.15 Å². The molecule has 100 valence electrons. The Labute approximate surface area is 120 Å². The maximum Gasteiger partial charge on any atom is 0.349 e. The van der Waals surface area contributed by atoms with Crippen LogP contribution in [0.5, 0.6) is 0 Å². The van der Waals surface area contributed by atoms with Gasteiger partial charge in [0.05, 0.1) is 11.4 Å². The fourth-order valence-corrected chi connectivity index (χ4v) is 3.20. The number of benzene rings is 1. The Balaban J connectivity index is 2.16. The van der Waals surface area contributed by atoms with Gasteiger partial charge in [-0.1, -0.05) is 29.8 Å². The van der Waals surface area contributed by atoms with Crippen LogP contribution in [0.3, 0.4) is 0 Å². The van der Waals surface area contributed by atoms with Crippen LogP contribution >= 0.6 is 11.6 Å². The molecular formula is C15H12ClN3O. The average Bonchev–Trinajstić information content (AvgIpc) is 2.82. The Kier molecular flexibility index (Phi) is 2.32. The molecule has 0 bridgehead atoms. The Hall–Kier alpha value is -2.07. The van der Waals surface area contributed by atoms with Crippen molar-refractivity contribution in [1.29, 1.82) is 0 Å². The third kappa shape index (κ3) is 1.42. The lowest BCUT2D eigenvalue weighted by molar-refractivity contribution is 0.637. The highest BCUT2D eigenvalue weighted by molar-refractivity contribution is 6.30. The summed E-state index contributed by atoms with van der Waals surface area (Å²) in [5.41, 5.74) is 4.78. The van der Waals surface area contributed by atoms with E-state index in [0.29, 0.717) is 6.54 Å². The first-order chi connectivity index (χ1) is 9.66. The largest absolute Gasteiger partial charge is 0.353 e. The van der Waals surface area contributed by atoms with E-state index in [9.17, 15) is 4.79 Å².